The maximum atomic E-state index is 2.73. The van der Waals surface area contributed by atoms with Crippen LogP contribution in [0.4, 0.5) is 0 Å². The molecule has 0 aliphatic carbocycles. The van der Waals surface area contributed by atoms with Crippen LogP contribution in [0.5, 0.6) is 0 Å². The summed E-state index contributed by atoms with van der Waals surface area (Å²) in [6, 6.07) is 18.8. The van der Waals surface area contributed by atoms with Crippen molar-refractivity contribution in [3.63, 3.8) is 0 Å². The summed E-state index contributed by atoms with van der Waals surface area (Å²) in [6.07, 6.45) is 6.22. The molecular weight excluding hydrogens is 979 g/mol. The van der Waals surface area contributed by atoms with Gasteiger partial charge in [0.05, 0.1) is 8.80 Å². The third-order valence-electron chi connectivity index (χ3n) is 15.8. The van der Waals surface area contributed by atoms with E-state index in [0.717, 1.165) is 8.57 Å². The Balaban J connectivity index is 0.000000338. The second kappa shape index (κ2) is 18.5. The molecule has 2 fully saturated rings. The first-order chi connectivity index (χ1) is 25.6. The van der Waals surface area contributed by atoms with Gasteiger partial charge in [-0.05, 0) is 24.1 Å². The Hall–Kier alpha value is 1.69. The SMILES string of the molecule is C[Si](C)(C)C1([Si](C)(C)C)CCC([Si](C)(C)C)([Si](C)(C)C)[Si]1.Cc1cc[c]([Ge]=[Ge])cc1.Cc1ccc([Si]2C([Si](C)(C)C)([Si](C)(C)C)CCC2([Si](C)(C)C)[Si](C)(C)C)cc1. The molecule has 2 heterocycles. The van der Waals surface area contributed by atoms with Crippen molar-refractivity contribution in [1.82, 2.24) is 0 Å². The van der Waals surface area contributed by atoms with Gasteiger partial charge in [-0.25, -0.2) is 0 Å². The van der Waals surface area contributed by atoms with E-state index in [0.29, 0.717) is 8.57 Å². The van der Waals surface area contributed by atoms with Crippen molar-refractivity contribution in [2.24, 2.45) is 0 Å². The average Bonchev–Trinajstić information content (AvgIpc) is 3.64. The Kier molecular flexibility index (Phi) is 17.8. The largest absolute Gasteiger partial charge is 0.0875 e. The molecule has 0 unspecified atom stereocenters. The fourth-order valence-corrected chi connectivity index (χ4v) is 91.0. The molecule has 2 aromatic rings. The van der Waals surface area contributed by atoms with Crippen molar-refractivity contribution in [2.45, 2.75) is 214 Å². The van der Waals surface area contributed by atoms with Crippen LogP contribution >= 0.6 is 0 Å². The maximum absolute atomic E-state index is 2.73. The number of aryl methyl sites for hydroxylation is 2. The summed E-state index contributed by atoms with van der Waals surface area (Å²) in [5, 5.41) is 1.79. The van der Waals surface area contributed by atoms with Gasteiger partial charge in [-0.3, -0.25) is 0 Å². The molecule has 0 spiro atoms. The molecule has 0 aromatic heterocycles. The summed E-state index contributed by atoms with van der Waals surface area (Å²) >= 11 is 2.48. The molecule has 0 amide bonds. The Morgan fingerprint density at radius 3 is 0.879 bits per heavy atom. The maximum Gasteiger partial charge on any atom is 0.0875 e. The standard InChI is InChI=1S/C23H47Si5.C16H40Si5.C7H7Ge2/c1-20-14-16-21(17-15-20)24-22(25(2,3)4,26(5,6)7)18-19-23(24,27(8,9)10)28(11,12)13;1-18(2,3)15(19(4,5)6)13-14-16(17-15,20(7,8)9)21(10,11)12;1-6-2-4-7(9-8)5-3-6/h14-17H,18-19H2,1-13H3;13-14H2,1-12H3;2-5H,1H3. The van der Waals surface area contributed by atoms with Crippen LogP contribution in [0, 0.1) is 13.8 Å². The van der Waals surface area contributed by atoms with E-state index in [9.17, 15) is 0 Å². The molecule has 0 nitrogen and oxygen atoms in total. The molecule has 2 aromatic carbocycles. The summed E-state index contributed by atoms with van der Waals surface area (Å²) in [7, 11) is -9.41. The van der Waals surface area contributed by atoms with Gasteiger partial charge in [-0.2, -0.15) is 0 Å². The molecule has 0 atom stereocenters. The average molecular weight is 1070 g/mol. The van der Waals surface area contributed by atoms with E-state index in [-0.39, 0.29) is 12.9 Å². The van der Waals surface area contributed by atoms with Crippen LogP contribution in [0.15, 0.2) is 48.5 Å². The minimum absolute atomic E-state index is 0.182. The van der Waals surface area contributed by atoms with E-state index >= 15 is 0 Å². The van der Waals surface area contributed by atoms with Crippen LogP contribution < -0.4 is 9.58 Å². The quantitative estimate of drug-likeness (QED) is 0.208. The Morgan fingerprint density at radius 1 is 0.414 bits per heavy atom. The third kappa shape index (κ3) is 10.7. The molecule has 2 saturated heterocycles. The van der Waals surface area contributed by atoms with Crippen molar-refractivity contribution in [2.75, 3.05) is 0 Å². The second-order valence-electron chi connectivity index (χ2n) is 27.0. The van der Waals surface area contributed by atoms with Gasteiger partial charge in [-0.1, -0.05) is 218 Å². The van der Waals surface area contributed by atoms with Crippen molar-refractivity contribution < 1.29 is 0 Å². The molecule has 12 heteroatoms. The topological polar surface area (TPSA) is 0 Å². The molecule has 0 saturated carbocycles. The first-order valence-electron chi connectivity index (χ1n) is 22.8. The van der Waals surface area contributed by atoms with Crippen molar-refractivity contribution in [1.29, 1.82) is 0 Å². The number of rotatable bonds is 10. The molecule has 2 aliphatic rings. The smallest absolute Gasteiger partial charge is 0.0696 e. The van der Waals surface area contributed by atoms with Gasteiger partial charge in [-0.15, -0.1) is 0 Å². The van der Waals surface area contributed by atoms with Crippen molar-refractivity contribution in [3.8, 4) is 0 Å². The summed E-state index contributed by atoms with van der Waals surface area (Å²) in [6.45, 7) is 69.3. The predicted octanol–water partition coefficient (Wildman–Crippen LogP) is 14.2. The molecular formula is C46H94Ge2Si10. The molecule has 2 aliphatic heterocycles. The van der Waals surface area contributed by atoms with Crippen LogP contribution in [-0.2, 0) is 0 Å². The Bertz CT molecular complexity index is 1530. The molecule has 0 N–H and O–H groups in total. The summed E-state index contributed by atoms with van der Waals surface area (Å²) in [5.74, 6) is 0. The van der Waals surface area contributed by atoms with Gasteiger partial charge in [0.2, 0.25) is 0 Å². The molecule has 326 valence electrons. The van der Waals surface area contributed by atoms with Gasteiger partial charge in [0.1, 0.15) is 0 Å². The Labute approximate surface area is 389 Å². The van der Waals surface area contributed by atoms with Gasteiger partial charge >= 0.3 is 68.1 Å². The zero-order valence-electron chi connectivity index (χ0n) is 43.4. The molecule has 58 heavy (non-hydrogen) atoms. The normalized spacial score (nSPS) is 20.1. The van der Waals surface area contributed by atoms with Crippen LogP contribution in [0.1, 0.15) is 36.8 Å². The van der Waals surface area contributed by atoms with Gasteiger partial charge in [0.25, 0.3) is 0 Å². The molecule has 4 rings (SSSR count). The van der Waals surface area contributed by atoms with Crippen molar-refractivity contribution in [3.05, 3.63) is 59.7 Å². The summed E-state index contributed by atoms with van der Waals surface area (Å²) in [5.41, 5.74) is 2.78. The first-order valence-corrected chi connectivity index (χ1v) is 60.9. The van der Waals surface area contributed by atoms with E-state index in [2.05, 4.69) is 234 Å². The molecule has 0 bridgehead atoms. The summed E-state index contributed by atoms with van der Waals surface area (Å²) < 4.78 is 4.49. The number of benzene rings is 2. The zero-order valence-corrected chi connectivity index (χ0v) is 57.6. The first kappa shape index (κ1) is 55.8. The van der Waals surface area contributed by atoms with E-state index in [4.69, 9.17) is 0 Å². The van der Waals surface area contributed by atoms with Gasteiger partial charge < -0.3 is 0 Å². The van der Waals surface area contributed by atoms with Gasteiger partial charge in [0.15, 0.2) is 0 Å². The monoisotopic (exact) mass is 1070 g/mol. The minimum Gasteiger partial charge on any atom is -0.0696 e. The fraction of sp³-hybridized carbons (Fsp3) is 0.739. The molecule has 6 radical (unpaired) electrons. The minimum atomic E-state index is -1.36. The zero-order chi connectivity index (χ0) is 45.8. The van der Waals surface area contributed by atoms with E-state index in [1.54, 1.807) is 22.4 Å². The number of hydrogen-bond donors (Lipinski definition) is 0. The second-order valence-corrected chi connectivity index (χ2v) is 85.3. The van der Waals surface area contributed by atoms with E-state index in [1.165, 1.54) is 33.5 Å². The fourth-order valence-electron chi connectivity index (χ4n) is 13.5. The summed E-state index contributed by atoms with van der Waals surface area (Å²) in [4.78, 5) is 0. The van der Waals surface area contributed by atoms with Crippen LogP contribution in [-0.4, -0.2) is 110 Å². The van der Waals surface area contributed by atoms with Crippen LogP contribution in [0.3, 0.4) is 0 Å². The number of hydrogen-bond acceptors (Lipinski definition) is 0. The van der Waals surface area contributed by atoms with Crippen LogP contribution in [0.25, 0.3) is 0 Å². The van der Waals surface area contributed by atoms with Gasteiger partial charge in [0, 0.05) is 74.1 Å². The van der Waals surface area contributed by atoms with Crippen LogP contribution in [0.2, 0.25) is 174 Å². The van der Waals surface area contributed by atoms with Crippen molar-refractivity contribution >= 4 is 119 Å². The van der Waals surface area contributed by atoms with E-state index in [1.807, 2.05) is 0 Å². The van der Waals surface area contributed by atoms with E-state index < -0.39 is 73.4 Å². The Morgan fingerprint density at radius 2 is 0.672 bits per heavy atom. The predicted molar refractivity (Wildman–Crippen MR) is 301 cm³/mol. The third-order valence-corrected chi connectivity index (χ3v) is 87.7.